The Morgan fingerprint density at radius 2 is 1.57 bits per heavy atom. The van der Waals surface area contributed by atoms with Crippen LogP contribution in [0.3, 0.4) is 0 Å². The quantitative estimate of drug-likeness (QED) is 0.429. The summed E-state index contributed by atoms with van der Waals surface area (Å²) in [4.78, 5) is 22.6. The van der Waals surface area contributed by atoms with E-state index in [1.54, 1.807) is 6.92 Å². The molecule has 0 rings (SSSR count). The van der Waals surface area contributed by atoms with Crippen LogP contribution in [0, 0.1) is 11.8 Å². The number of ether oxygens (including phenoxy) is 2. The van der Waals surface area contributed by atoms with Crippen molar-refractivity contribution in [3.05, 3.63) is 12.2 Å². The molecule has 0 heterocycles. The van der Waals surface area contributed by atoms with Crippen molar-refractivity contribution in [3.8, 4) is 0 Å². The van der Waals surface area contributed by atoms with Crippen LogP contribution in [0.5, 0.6) is 0 Å². The number of carbonyl (C=O) groups is 2. The Bertz CT molecular complexity index is 334. The molecule has 0 spiro atoms. The minimum atomic E-state index is -0.354. The highest BCUT2D eigenvalue weighted by molar-refractivity contribution is 5.77. The molecular formula is C17H30O4. The second kappa shape index (κ2) is 11.4. The van der Waals surface area contributed by atoms with E-state index in [4.69, 9.17) is 9.47 Å². The normalized spacial score (nSPS) is 12.0. The molecule has 0 bridgehead atoms. The van der Waals surface area contributed by atoms with Crippen LogP contribution in [-0.4, -0.2) is 25.2 Å². The molecule has 0 fully saturated rings. The van der Waals surface area contributed by atoms with E-state index in [2.05, 4.69) is 27.4 Å². The highest BCUT2D eigenvalue weighted by Gasteiger charge is 2.10. The van der Waals surface area contributed by atoms with Crippen LogP contribution in [0.2, 0.25) is 0 Å². The lowest BCUT2D eigenvalue weighted by Crippen LogP contribution is -2.12. The molecule has 0 radical (unpaired) electrons. The SMILES string of the molecule is C=C(CC(C)C)CC(C)CCOC(=O)CCC(=O)OCC. The molecule has 4 nitrogen and oxygen atoms in total. The molecule has 0 aliphatic heterocycles. The average Bonchev–Trinajstić information content (AvgIpc) is 2.35. The Morgan fingerprint density at radius 1 is 1.00 bits per heavy atom. The number of carbonyl (C=O) groups excluding carboxylic acids is 2. The molecule has 1 atom stereocenters. The van der Waals surface area contributed by atoms with Crippen LogP contribution >= 0.6 is 0 Å². The lowest BCUT2D eigenvalue weighted by atomic mass is 9.94. The molecule has 0 aromatic heterocycles. The molecule has 122 valence electrons. The maximum absolute atomic E-state index is 11.5. The van der Waals surface area contributed by atoms with Gasteiger partial charge in [-0.05, 0) is 38.0 Å². The number of hydrogen-bond donors (Lipinski definition) is 0. The van der Waals surface area contributed by atoms with Crippen molar-refractivity contribution in [2.45, 2.75) is 59.8 Å². The largest absolute Gasteiger partial charge is 0.466 e. The van der Waals surface area contributed by atoms with Gasteiger partial charge in [-0.2, -0.15) is 0 Å². The Balaban J connectivity index is 3.70. The van der Waals surface area contributed by atoms with Gasteiger partial charge in [-0.15, -0.1) is 0 Å². The fourth-order valence-electron chi connectivity index (χ4n) is 2.14. The van der Waals surface area contributed by atoms with Crippen molar-refractivity contribution in [1.29, 1.82) is 0 Å². The molecule has 4 heteroatoms. The van der Waals surface area contributed by atoms with Gasteiger partial charge in [0.15, 0.2) is 0 Å². The van der Waals surface area contributed by atoms with Gasteiger partial charge in [0.2, 0.25) is 0 Å². The third kappa shape index (κ3) is 12.2. The van der Waals surface area contributed by atoms with Gasteiger partial charge in [0.25, 0.3) is 0 Å². The second-order valence-corrected chi connectivity index (χ2v) is 5.97. The van der Waals surface area contributed by atoms with Crippen LogP contribution in [-0.2, 0) is 19.1 Å². The molecule has 0 aromatic rings. The maximum atomic E-state index is 11.5. The van der Waals surface area contributed by atoms with Gasteiger partial charge in [0.05, 0.1) is 26.1 Å². The fraction of sp³-hybridized carbons (Fsp3) is 0.765. The smallest absolute Gasteiger partial charge is 0.306 e. The van der Waals surface area contributed by atoms with Crippen LogP contribution in [0.15, 0.2) is 12.2 Å². The van der Waals surface area contributed by atoms with Crippen molar-refractivity contribution in [2.24, 2.45) is 11.8 Å². The summed E-state index contributed by atoms with van der Waals surface area (Å²) in [6.07, 6.45) is 3.02. The van der Waals surface area contributed by atoms with Crippen LogP contribution in [0.1, 0.15) is 59.8 Å². The maximum Gasteiger partial charge on any atom is 0.306 e. The first kappa shape index (κ1) is 19.7. The minimum absolute atomic E-state index is 0.0905. The number of hydrogen-bond acceptors (Lipinski definition) is 4. The summed E-state index contributed by atoms with van der Waals surface area (Å²) in [5, 5.41) is 0. The van der Waals surface area contributed by atoms with Gasteiger partial charge < -0.3 is 9.47 Å². The van der Waals surface area contributed by atoms with E-state index in [-0.39, 0.29) is 24.8 Å². The van der Waals surface area contributed by atoms with Gasteiger partial charge in [-0.25, -0.2) is 0 Å². The van der Waals surface area contributed by atoms with E-state index in [0.717, 1.165) is 19.3 Å². The summed E-state index contributed by atoms with van der Waals surface area (Å²) < 4.78 is 9.88. The lowest BCUT2D eigenvalue weighted by Gasteiger charge is -2.14. The first-order chi connectivity index (χ1) is 9.85. The van der Waals surface area contributed by atoms with E-state index < -0.39 is 0 Å². The summed E-state index contributed by atoms with van der Waals surface area (Å²) in [6, 6.07) is 0. The van der Waals surface area contributed by atoms with Crippen molar-refractivity contribution in [3.63, 3.8) is 0 Å². The van der Waals surface area contributed by atoms with Crippen LogP contribution in [0.25, 0.3) is 0 Å². The van der Waals surface area contributed by atoms with Crippen LogP contribution in [0.4, 0.5) is 0 Å². The standard InChI is InChI=1S/C17H30O4/c1-6-20-16(18)7-8-17(19)21-10-9-14(4)12-15(5)11-13(2)3/h13-14H,5-12H2,1-4H3. The Morgan fingerprint density at radius 3 is 2.10 bits per heavy atom. The Hall–Kier alpha value is -1.32. The molecular weight excluding hydrogens is 268 g/mol. The van der Waals surface area contributed by atoms with Gasteiger partial charge in [-0.1, -0.05) is 32.9 Å². The van der Waals surface area contributed by atoms with Gasteiger partial charge in [-0.3, -0.25) is 9.59 Å². The van der Waals surface area contributed by atoms with Gasteiger partial charge in [0.1, 0.15) is 0 Å². The van der Waals surface area contributed by atoms with E-state index in [0.29, 0.717) is 25.0 Å². The number of rotatable bonds is 11. The average molecular weight is 298 g/mol. The van der Waals surface area contributed by atoms with E-state index >= 15 is 0 Å². The van der Waals surface area contributed by atoms with E-state index in [1.807, 2.05) is 0 Å². The molecule has 0 saturated carbocycles. The van der Waals surface area contributed by atoms with Crippen LogP contribution < -0.4 is 0 Å². The fourth-order valence-corrected chi connectivity index (χ4v) is 2.14. The molecule has 0 aromatic carbocycles. The molecule has 1 unspecified atom stereocenters. The first-order valence-electron chi connectivity index (χ1n) is 7.83. The highest BCUT2D eigenvalue weighted by atomic mass is 16.5. The zero-order valence-electron chi connectivity index (χ0n) is 13.9. The monoisotopic (exact) mass is 298 g/mol. The third-order valence-corrected chi connectivity index (χ3v) is 3.05. The van der Waals surface area contributed by atoms with Gasteiger partial charge in [0, 0.05) is 0 Å². The summed E-state index contributed by atoms with van der Waals surface area (Å²) >= 11 is 0. The lowest BCUT2D eigenvalue weighted by molar-refractivity contribution is -0.150. The molecule has 0 amide bonds. The topological polar surface area (TPSA) is 52.6 Å². The Kier molecular flexibility index (Phi) is 10.6. The number of allylic oxidation sites excluding steroid dienone is 1. The summed E-state index contributed by atoms with van der Waals surface area (Å²) in [5.74, 6) is 0.392. The predicted octanol–water partition coefficient (Wildman–Crippen LogP) is 3.89. The zero-order chi connectivity index (χ0) is 16.3. The number of esters is 2. The van der Waals surface area contributed by atoms with Gasteiger partial charge >= 0.3 is 11.9 Å². The Labute approximate surface area is 128 Å². The molecule has 21 heavy (non-hydrogen) atoms. The summed E-state index contributed by atoms with van der Waals surface area (Å²) in [7, 11) is 0. The molecule has 0 aliphatic carbocycles. The summed E-state index contributed by atoms with van der Waals surface area (Å²) in [5.41, 5.74) is 1.26. The minimum Gasteiger partial charge on any atom is -0.466 e. The predicted molar refractivity (Wildman–Crippen MR) is 83.8 cm³/mol. The third-order valence-electron chi connectivity index (χ3n) is 3.05. The molecule has 0 saturated heterocycles. The highest BCUT2D eigenvalue weighted by Crippen LogP contribution is 2.19. The first-order valence-corrected chi connectivity index (χ1v) is 7.83. The second-order valence-electron chi connectivity index (χ2n) is 5.97. The van der Waals surface area contributed by atoms with E-state index in [1.165, 1.54) is 5.57 Å². The van der Waals surface area contributed by atoms with E-state index in [9.17, 15) is 9.59 Å². The van der Waals surface area contributed by atoms with Crippen molar-refractivity contribution in [2.75, 3.05) is 13.2 Å². The van der Waals surface area contributed by atoms with Crippen molar-refractivity contribution < 1.29 is 19.1 Å². The summed E-state index contributed by atoms with van der Waals surface area (Å²) in [6.45, 7) is 13.1. The zero-order valence-corrected chi connectivity index (χ0v) is 13.9. The molecule has 0 N–H and O–H groups in total. The van der Waals surface area contributed by atoms with Crippen molar-refractivity contribution >= 4 is 11.9 Å². The molecule has 0 aliphatic rings. The van der Waals surface area contributed by atoms with Crippen molar-refractivity contribution in [1.82, 2.24) is 0 Å².